The first-order valence-corrected chi connectivity index (χ1v) is 31.2. The van der Waals surface area contributed by atoms with E-state index in [-0.39, 0.29) is 61.4 Å². The standard InChI is InChI=1S/C36H42BrClN2O6.C31H34BrClN2O4.ClH/c1-35(2,3)46-34(43)39-28(19-22-13-15-25(37)16-14-22)29(41)20-24(17-23-9-8-10-26(38)18-23)33(42)40-32-27-11-6-7-12-30(27)44-21-31(32)45-36(40,4)5;1-31(2)35(29-24-8-3-4-9-27(24)38-18-28(29)39-31)30(37)21(14-20-6-5-7-23(33)15-20)17-26(36)25(34)16-19-10-12-22(32)13-11-19;/h6-16,18,24,28-29,31-32,41H,17,19-21H2,1-5H3,(H,39,43);3-13,15,21,25-26,28-29,36H,14,16-18,34H2,1-2H3;1H/t24-,28+,29+,31-,32?;21-,25+,26+,28-,29?;/m11./s1. The molecule has 460 valence electrons. The smallest absolute Gasteiger partial charge is 0.407 e. The Morgan fingerprint density at radius 3 is 1.47 bits per heavy atom. The summed E-state index contributed by atoms with van der Waals surface area (Å²) in [6.07, 6.45) is -1.36. The molecule has 0 spiro atoms. The number of fused-ring (bicyclic) bond motifs is 6. The molecule has 5 N–H and O–H groups in total. The van der Waals surface area contributed by atoms with Gasteiger partial charge in [0.15, 0.2) is 0 Å². The second-order valence-electron chi connectivity index (χ2n) is 24.5. The van der Waals surface area contributed by atoms with Crippen molar-refractivity contribution in [2.24, 2.45) is 17.6 Å². The lowest BCUT2D eigenvalue weighted by Gasteiger charge is -2.38. The molecular weight excluding hydrogens is 1290 g/mol. The van der Waals surface area contributed by atoms with Crippen molar-refractivity contribution in [1.29, 1.82) is 0 Å². The van der Waals surface area contributed by atoms with Crippen LogP contribution in [0, 0.1) is 11.8 Å². The highest BCUT2D eigenvalue weighted by atomic mass is 79.9. The Morgan fingerprint density at radius 1 is 0.616 bits per heavy atom. The maximum absolute atomic E-state index is 14.8. The lowest BCUT2D eigenvalue weighted by Crippen LogP contribution is -2.51. The third-order valence-electron chi connectivity index (χ3n) is 16.0. The van der Waals surface area contributed by atoms with Gasteiger partial charge in [0.25, 0.3) is 0 Å². The van der Waals surface area contributed by atoms with E-state index in [2.05, 4.69) is 37.2 Å². The van der Waals surface area contributed by atoms with E-state index in [9.17, 15) is 24.6 Å². The number of halogens is 5. The fraction of sp³-hybridized carbons (Fsp3) is 0.418. The summed E-state index contributed by atoms with van der Waals surface area (Å²) in [6, 6.07) is 44.1. The molecule has 6 aromatic carbocycles. The normalized spacial score (nSPS) is 20.9. The average molecular weight is 1360 g/mol. The molecule has 0 bridgehead atoms. The maximum Gasteiger partial charge on any atom is 0.407 e. The fourth-order valence-electron chi connectivity index (χ4n) is 12.2. The molecule has 14 nitrogen and oxygen atoms in total. The first-order chi connectivity index (χ1) is 40.3. The minimum absolute atomic E-state index is 0. The highest BCUT2D eigenvalue weighted by Crippen LogP contribution is 2.50. The third-order valence-corrected chi connectivity index (χ3v) is 17.5. The Kier molecular flexibility index (Phi) is 22.1. The van der Waals surface area contributed by atoms with Gasteiger partial charge in [-0.2, -0.15) is 0 Å². The number of nitrogens with one attached hydrogen (secondary N) is 1. The van der Waals surface area contributed by atoms with E-state index >= 15 is 0 Å². The lowest BCUT2D eigenvalue weighted by atomic mass is 9.87. The Morgan fingerprint density at radius 2 is 1.03 bits per heavy atom. The molecular formula is C67H77Br2Cl3N4O10. The Hall–Kier alpha value is -5.24. The number of nitrogens with zero attached hydrogens (tertiary/aromatic N) is 2. The number of amides is 3. The van der Waals surface area contributed by atoms with E-state index in [0.717, 1.165) is 53.8 Å². The molecule has 2 fully saturated rings. The SMILES string of the molecule is CC(C)(C)OC(=O)N[C@@H](Cc1ccc(Br)cc1)[C@@H](O)C[C@@H](Cc1cccc(Cl)c1)C(=O)N1C2c3ccccc3OC[C@H]2OC1(C)C.CC1(C)O[C@@H]2COc3ccccc3C2N1C(=O)[C@H](Cc1cccc(Cl)c1)C[C@H](O)[C@@H](N)Cc1ccc(Br)cc1.Cl. The first kappa shape index (κ1) is 66.7. The molecule has 2 saturated heterocycles. The predicted octanol–water partition coefficient (Wildman–Crippen LogP) is 13.3. The van der Waals surface area contributed by atoms with E-state index in [1.54, 1.807) is 26.8 Å². The van der Waals surface area contributed by atoms with Crippen LogP contribution in [0.25, 0.3) is 0 Å². The Bertz CT molecular complexity index is 3300. The van der Waals surface area contributed by atoms with Crippen molar-refractivity contribution in [3.05, 3.63) is 198 Å². The van der Waals surface area contributed by atoms with Crippen molar-refractivity contribution in [2.45, 2.75) is 153 Å². The third kappa shape index (κ3) is 16.5. The van der Waals surface area contributed by atoms with E-state index in [1.807, 2.05) is 177 Å². The number of nitrogens with two attached hydrogens (primary N) is 1. The molecule has 3 amide bonds. The fourth-order valence-corrected chi connectivity index (χ4v) is 13.1. The summed E-state index contributed by atoms with van der Waals surface area (Å²) in [5, 5.41) is 27.2. The van der Waals surface area contributed by atoms with Crippen LogP contribution in [-0.2, 0) is 49.5 Å². The van der Waals surface area contributed by atoms with Crippen molar-refractivity contribution in [2.75, 3.05) is 13.2 Å². The summed E-state index contributed by atoms with van der Waals surface area (Å²) >= 11 is 19.6. The van der Waals surface area contributed by atoms with Crippen LogP contribution >= 0.6 is 67.5 Å². The quantitative estimate of drug-likeness (QED) is 0.0682. The highest BCUT2D eigenvalue weighted by Gasteiger charge is 2.56. The summed E-state index contributed by atoms with van der Waals surface area (Å²) in [5.74, 6) is 0.0437. The number of carbonyl (C=O) groups excluding carboxylic acids is 3. The van der Waals surface area contributed by atoms with Gasteiger partial charge in [0.05, 0.1) is 30.3 Å². The Balaban J connectivity index is 0.000000224. The molecule has 0 radical (unpaired) electrons. The average Bonchev–Trinajstić information content (AvgIpc) is 1.64. The first-order valence-electron chi connectivity index (χ1n) is 28.9. The largest absolute Gasteiger partial charge is 0.490 e. The zero-order valence-electron chi connectivity index (χ0n) is 49.3. The number of alkyl carbamates (subject to hydrolysis) is 1. The molecule has 0 aliphatic carbocycles. The van der Waals surface area contributed by atoms with Crippen LogP contribution in [0.4, 0.5) is 4.79 Å². The molecule has 0 saturated carbocycles. The maximum atomic E-state index is 14.8. The summed E-state index contributed by atoms with van der Waals surface area (Å²) in [5.41, 5.74) is 9.52. The van der Waals surface area contributed by atoms with Gasteiger partial charge in [-0.25, -0.2) is 4.79 Å². The van der Waals surface area contributed by atoms with Gasteiger partial charge >= 0.3 is 6.09 Å². The summed E-state index contributed by atoms with van der Waals surface area (Å²) in [4.78, 5) is 45.9. The number of ether oxygens (including phenoxy) is 5. The van der Waals surface area contributed by atoms with E-state index in [1.165, 1.54) is 0 Å². The van der Waals surface area contributed by atoms with Crippen LogP contribution in [-0.4, -0.2) is 105 Å². The molecule has 0 aromatic heterocycles. The van der Waals surface area contributed by atoms with Gasteiger partial charge in [-0.15, -0.1) is 12.4 Å². The van der Waals surface area contributed by atoms with Crippen LogP contribution in [0.15, 0.2) is 155 Å². The van der Waals surface area contributed by atoms with Crippen molar-refractivity contribution in [3.8, 4) is 11.5 Å². The van der Waals surface area contributed by atoms with Gasteiger partial charge < -0.3 is 54.7 Å². The van der Waals surface area contributed by atoms with Crippen LogP contribution in [0.2, 0.25) is 10.0 Å². The second kappa shape index (κ2) is 28.5. The minimum Gasteiger partial charge on any atom is -0.490 e. The number of carbonyl (C=O) groups is 3. The number of hydrogen-bond donors (Lipinski definition) is 4. The predicted molar refractivity (Wildman–Crippen MR) is 344 cm³/mol. The van der Waals surface area contributed by atoms with Crippen molar-refractivity contribution in [3.63, 3.8) is 0 Å². The topological polar surface area (TPSA) is 182 Å². The van der Waals surface area contributed by atoms with Gasteiger partial charge in [-0.1, -0.05) is 140 Å². The Labute approximate surface area is 538 Å². The number of para-hydroxylation sites is 2. The van der Waals surface area contributed by atoms with Crippen molar-refractivity contribution < 1.29 is 48.3 Å². The van der Waals surface area contributed by atoms with E-state index in [0.29, 0.717) is 48.9 Å². The van der Waals surface area contributed by atoms with Crippen molar-refractivity contribution >= 4 is 85.4 Å². The number of rotatable bonds is 17. The molecule has 86 heavy (non-hydrogen) atoms. The zero-order valence-corrected chi connectivity index (χ0v) is 54.8. The molecule has 4 heterocycles. The monoisotopic (exact) mass is 1360 g/mol. The highest BCUT2D eigenvalue weighted by molar-refractivity contribution is 9.10. The summed E-state index contributed by atoms with van der Waals surface area (Å²) < 4.78 is 32.2. The van der Waals surface area contributed by atoms with Crippen LogP contribution in [0.1, 0.15) is 107 Å². The number of benzene rings is 6. The minimum atomic E-state index is -1.09. The lowest BCUT2D eigenvalue weighted by molar-refractivity contribution is -0.154. The zero-order chi connectivity index (χ0) is 61.0. The second-order valence-corrected chi connectivity index (χ2v) is 27.2. The van der Waals surface area contributed by atoms with E-state index in [4.69, 9.17) is 52.6 Å². The van der Waals surface area contributed by atoms with Gasteiger partial charge in [0.2, 0.25) is 11.8 Å². The van der Waals surface area contributed by atoms with Crippen LogP contribution < -0.4 is 20.5 Å². The summed E-state index contributed by atoms with van der Waals surface area (Å²) in [6.45, 7) is 13.7. The van der Waals surface area contributed by atoms with Gasteiger partial charge in [0.1, 0.15) is 54.0 Å². The number of aliphatic hydroxyl groups is 2. The number of hydrogen-bond acceptors (Lipinski definition) is 11. The van der Waals surface area contributed by atoms with Crippen molar-refractivity contribution in [1.82, 2.24) is 15.1 Å². The van der Waals surface area contributed by atoms with Gasteiger partial charge in [0, 0.05) is 48.0 Å². The molecule has 10 rings (SSSR count). The van der Waals surface area contributed by atoms with Gasteiger partial charge in [-0.05, 0) is 170 Å². The molecule has 4 aliphatic rings. The van der Waals surface area contributed by atoms with E-state index < -0.39 is 59.3 Å². The molecule has 10 atom stereocenters. The summed E-state index contributed by atoms with van der Waals surface area (Å²) in [7, 11) is 0. The number of aliphatic hydroxyl groups excluding tert-OH is 2. The molecule has 19 heteroatoms. The molecule has 4 aliphatic heterocycles. The van der Waals surface area contributed by atoms with Gasteiger partial charge in [-0.3, -0.25) is 9.59 Å². The molecule has 6 aromatic rings. The molecule has 2 unspecified atom stereocenters. The van der Waals surface area contributed by atoms with Crippen LogP contribution in [0.5, 0.6) is 11.5 Å². The van der Waals surface area contributed by atoms with Crippen LogP contribution in [0.3, 0.4) is 0 Å².